The van der Waals surface area contributed by atoms with Crippen molar-refractivity contribution in [3.63, 3.8) is 0 Å². The first-order valence-electron chi connectivity index (χ1n) is 9.42. The summed E-state index contributed by atoms with van der Waals surface area (Å²) in [7, 11) is 0. The molecule has 0 atom stereocenters. The van der Waals surface area contributed by atoms with Gasteiger partial charge in [-0.1, -0.05) is 29.8 Å². The Balaban J connectivity index is 1.76. The molecule has 0 aromatic heterocycles. The number of hydrogen-bond donors (Lipinski definition) is 1. The van der Waals surface area contributed by atoms with Gasteiger partial charge in [0.1, 0.15) is 12.1 Å². The summed E-state index contributed by atoms with van der Waals surface area (Å²) in [4.78, 5) is 39.6. The van der Waals surface area contributed by atoms with Gasteiger partial charge in [0.05, 0.1) is 0 Å². The van der Waals surface area contributed by atoms with E-state index in [4.69, 9.17) is 4.74 Å². The smallest absolute Gasteiger partial charge is 0.408 e. The molecule has 1 saturated heterocycles. The van der Waals surface area contributed by atoms with Crippen molar-refractivity contribution in [1.29, 1.82) is 0 Å². The largest absolute Gasteiger partial charge is 0.444 e. The third kappa shape index (κ3) is 7.06. The van der Waals surface area contributed by atoms with E-state index in [9.17, 15) is 14.4 Å². The molecule has 152 valence electrons. The second-order valence-electron chi connectivity index (χ2n) is 7.81. The quantitative estimate of drug-likeness (QED) is 0.804. The molecule has 0 spiro atoms. The van der Waals surface area contributed by atoms with E-state index in [1.54, 1.807) is 42.7 Å². The van der Waals surface area contributed by atoms with Crippen LogP contribution in [0.3, 0.4) is 0 Å². The summed E-state index contributed by atoms with van der Waals surface area (Å²) in [6.45, 7) is 9.00. The highest BCUT2D eigenvalue weighted by Gasteiger charge is 2.24. The molecule has 1 aliphatic rings. The predicted molar refractivity (Wildman–Crippen MR) is 108 cm³/mol. The number of piperazine rings is 1. The number of amides is 3. The monoisotopic (exact) mass is 387 g/mol. The number of carbonyl (C=O) groups is 3. The Kier molecular flexibility index (Phi) is 7.20. The zero-order valence-electron chi connectivity index (χ0n) is 17.0. The highest BCUT2D eigenvalue weighted by atomic mass is 16.6. The maximum atomic E-state index is 12.3. The summed E-state index contributed by atoms with van der Waals surface area (Å²) >= 11 is 0. The summed E-state index contributed by atoms with van der Waals surface area (Å²) in [5.74, 6) is -0.256. The molecule has 0 unspecified atom stereocenters. The first-order valence-corrected chi connectivity index (χ1v) is 9.42. The number of carbonyl (C=O) groups excluding carboxylic acids is 3. The summed E-state index contributed by atoms with van der Waals surface area (Å²) < 4.78 is 5.11. The molecule has 7 nitrogen and oxygen atoms in total. The Morgan fingerprint density at radius 3 is 2.36 bits per heavy atom. The van der Waals surface area contributed by atoms with E-state index in [0.29, 0.717) is 26.2 Å². The lowest BCUT2D eigenvalue weighted by atomic mass is 10.1. The van der Waals surface area contributed by atoms with Crippen LogP contribution in [-0.4, -0.2) is 66.0 Å². The van der Waals surface area contributed by atoms with Crippen molar-refractivity contribution < 1.29 is 19.1 Å². The summed E-state index contributed by atoms with van der Waals surface area (Å²) in [6, 6.07) is 7.92. The van der Waals surface area contributed by atoms with Gasteiger partial charge in [-0.15, -0.1) is 0 Å². The van der Waals surface area contributed by atoms with Gasteiger partial charge in [-0.05, 0) is 39.3 Å². The minimum Gasteiger partial charge on any atom is -0.444 e. The van der Waals surface area contributed by atoms with Gasteiger partial charge < -0.3 is 19.9 Å². The second-order valence-corrected chi connectivity index (χ2v) is 7.81. The van der Waals surface area contributed by atoms with Gasteiger partial charge in [-0.25, -0.2) is 4.79 Å². The molecule has 1 aromatic carbocycles. The lowest BCUT2D eigenvalue weighted by molar-refractivity contribution is -0.136. The lowest BCUT2D eigenvalue weighted by Crippen LogP contribution is -2.52. The van der Waals surface area contributed by atoms with Crippen molar-refractivity contribution in [3.05, 3.63) is 41.5 Å². The molecule has 3 amide bonds. The van der Waals surface area contributed by atoms with Crippen molar-refractivity contribution in [2.45, 2.75) is 33.3 Å². The topological polar surface area (TPSA) is 79.0 Å². The van der Waals surface area contributed by atoms with Crippen LogP contribution in [0.4, 0.5) is 4.79 Å². The number of nitrogens with zero attached hydrogens (tertiary/aromatic N) is 2. The number of benzene rings is 1. The van der Waals surface area contributed by atoms with E-state index < -0.39 is 11.7 Å². The zero-order chi connectivity index (χ0) is 20.7. The van der Waals surface area contributed by atoms with Crippen LogP contribution in [-0.2, 0) is 14.3 Å². The maximum Gasteiger partial charge on any atom is 0.408 e. The minimum absolute atomic E-state index is 0.0690. The fraction of sp³-hybridized carbons (Fsp3) is 0.476. The first-order chi connectivity index (χ1) is 13.1. The molecule has 1 aromatic rings. The molecule has 1 heterocycles. The van der Waals surface area contributed by atoms with Crippen LogP contribution in [0.5, 0.6) is 0 Å². The average Bonchev–Trinajstić information content (AvgIpc) is 2.63. The Labute approximate surface area is 166 Å². The van der Waals surface area contributed by atoms with Crippen LogP contribution < -0.4 is 5.32 Å². The van der Waals surface area contributed by atoms with Gasteiger partial charge in [-0.3, -0.25) is 9.59 Å². The minimum atomic E-state index is -0.615. The number of rotatable bonds is 4. The molecule has 1 N–H and O–H groups in total. The number of aryl methyl sites for hydroxylation is 1. The van der Waals surface area contributed by atoms with Crippen LogP contribution >= 0.6 is 0 Å². The molecular weight excluding hydrogens is 358 g/mol. The van der Waals surface area contributed by atoms with Crippen molar-refractivity contribution in [1.82, 2.24) is 15.1 Å². The molecular formula is C21H29N3O4. The summed E-state index contributed by atoms with van der Waals surface area (Å²) in [5.41, 5.74) is 1.52. The van der Waals surface area contributed by atoms with E-state index in [2.05, 4.69) is 5.32 Å². The highest BCUT2D eigenvalue weighted by molar-refractivity contribution is 5.92. The Morgan fingerprint density at radius 2 is 1.75 bits per heavy atom. The van der Waals surface area contributed by atoms with Gasteiger partial charge in [0.25, 0.3) is 0 Å². The third-order valence-corrected chi connectivity index (χ3v) is 4.19. The van der Waals surface area contributed by atoms with E-state index in [1.165, 1.54) is 0 Å². The SMILES string of the molecule is Cc1cccc(/C=C/C(=O)N2CCN(C(=O)CNC(=O)OC(C)(C)C)CC2)c1. The Morgan fingerprint density at radius 1 is 1.11 bits per heavy atom. The van der Waals surface area contributed by atoms with Crippen LogP contribution in [0.1, 0.15) is 31.9 Å². The van der Waals surface area contributed by atoms with Gasteiger partial charge >= 0.3 is 6.09 Å². The van der Waals surface area contributed by atoms with Crippen LogP contribution in [0, 0.1) is 6.92 Å². The molecule has 1 aliphatic heterocycles. The lowest BCUT2D eigenvalue weighted by Gasteiger charge is -2.34. The highest BCUT2D eigenvalue weighted by Crippen LogP contribution is 2.09. The summed E-state index contributed by atoms with van der Waals surface area (Å²) in [6.07, 6.45) is 2.75. The van der Waals surface area contributed by atoms with Gasteiger partial charge in [-0.2, -0.15) is 0 Å². The number of ether oxygens (including phenoxy) is 1. The average molecular weight is 387 g/mol. The molecule has 0 bridgehead atoms. The van der Waals surface area contributed by atoms with E-state index in [1.807, 2.05) is 31.2 Å². The van der Waals surface area contributed by atoms with Crippen LogP contribution in [0.15, 0.2) is 30.3 Å². The predicted octanol–water partition coefficient (Wildman–Crippen LogP) is 2.20. The van der Waals surface area contributed by atoms with Crippen LogP contribution in [0.25, 0.3) is 6.08 Å². The van der Waals surface area contributed by atoms with Gasteiger partial charge in [0, 0.05) is 32.3 Å². The number of nitrogens with one attached hydrogen (secondary N) is 1. The normalized spacial score (nSPS) is 14.9. The maximum absolute atomic E-state index is 12.3. The van der Waals surface area contributed by atoms with E-state index in [0.717, 1.165) is 11.1 Å². The molecule has 7 heteroatoms. The van der Waals surface area contributed by atoms with Crippen LogP contribution in [0.2, 0.25) is 0 Å². The second kappa shape index (κ2) is 9.39. The van der Waals surface area contributed by atoms with E-state index in [-0.39, 0.29) is 18.4 Å². The Hall–Kier alpha value is -2.83. The van der Waals surface area contributed by atoms with Crippen molar-refractivity contribution in [2.24, 2.45) is 0 Å². The standard InChI is InChI=1S/C21H29N3O4/c1-16-6-5-7-17(14-16)8-9-18(25)23-10-12-24(13-11-23)19(26)15-22-20(27)28-21(2,3)4/h5-9,14H,10-13,15H2,1-4H3,(H,22,27)/b9-8+. The fourth-order valence-electron chi connectivity index (χ4n) is 2.80. The van der Waals surface area contributed by atoms with Gasteiger partial charge in [0.2, 0.25) is 11.8 Å². The molecule has 1 fully saturated rings. The fourth-order valence-corrected chi connectivity index (χ4v) is 2.80. The first kappa shape index (κ1) is 21.5. The molecule has 0 saturated carbocycles. The van der Waals surface area contributed by atoms with Crippen molar-refractivity contribution in [3.8, 4) is 0 Å². The molecule has 0 aliphatic carbocycles. The number of alkyl carbamates (subject to hydrolysis) is 1. The third-order valence-electron chi connectivity index (χ3n) is 4.19. The van der Waals surface area contributed by atoms with Crippen molar-refractivity contribution in [2.75, 3.05) is 32.7 Å². The van der Waals surface area contributed by atoms with Crippen molar-refractivity contribution >= 4 is 24.0 Å². The molecule has 28 heavy (non-hydrogen) atoms. The van der Waals surface area contributed by atoms with Gasteiger partial charge in [0.15, 0.2) is 0 Å². The molecule has 0 radical (unpaired) electrons. The zero-order valence-corrected chi connectivity index (χ0v) is 17.0. The number of hydrogen-bond acceptors (Lipinski definition) is 4. The Bertz CT molecular complexity index is 744. The molecule has 2 rings (SSSR count). The van der Waals surface area contributed by atoms with E-state index >= 15 is 0 Å². The summed E-state index contributed by atoms with van der Waals surface area (Å²) in [5, 5.41) is 2.47.